The molecule has 3 unspecified atom stereocenters. The monoisotopic (exact) mass is 212 g/mol. The van der Waals surface area contributed by atoms with E-state index in [4.69, 9.17) is 5.73 Å². The molecule has 2 heteroatoms. The van der Waals surface area contributed by atoms with Crippen molar-refractivity contribution in [1.29, 1.82) is 0 Å². The zero-order valence-electron chi connectivity index (χ0n) is 10.9. The molecule has 15 heavy (non-hydrogen) atoms. The molecule has 0 aromatic heterocycles. The molecule has 0 saturated heterocycles. The van der Waals surface area contributed by atoms with Crippen molar-refractivity contribution in [3.05, 3.63) is 0 Å². The van der Waals surface area contributed by atoms with Crippen LogP contribution in [0.2, 0.25) is 0 Å². The summed E-state index contributed by atoms with van der Waals surface area (Å²) in [6, 6.07) is 1.29. The zero-order valence-corrected chi connectivity index (χ0v) is 10.9. The van der Waals surface area contributed by atoms with Crippen LogP contribution in [-0.2, 0) is 0 Å². The topological polar surface area (TPSA) is 29.3 Å². The summed E-state index contributed by atoms with van der Waals surface area (Å²) in [5.74, 6) is 1.67. The van der Waals surface area contributed by atoms with Crippen molar-refractivity contribution >= 4 is 0 Å². The van der Waals surface area contributed by atoms with Gasteiger partial charge in [0.15, 0.2) is 0 Å². The van der Waals surface area contributed by atoms with E-state index < -0.39 is 0 Å². The van der Waals surface area contributed by atoms with Crippen LogP contribution in [0.15, 0.2) is 0 Å². The number of hydrogen-bond donors (Lipinski definition) is 1. The van der Waals surface area contributed by atoms with Crippen LogP contribution < -0.4 is 5.73 Å². The second kappa shape index (κ2) is 5.86. The van der Waals surface area contributed by atoms with Crippen molar-refractivity contribution in [2.45, 2.75) is 58.5 Å². The first-order valence-electron chi connectivity index (χ1n) is 6.53. The van der Waals surface area contributed by atoms with Crippen LogP contribution in [0.1, 0.15) is 46.5 Å². The highest BCUT2D eigenvalue weighted by Gasteiger charge is 2.34. The predicted molar refractivity (Wildman–Crippen MR) is 66.9 cm³/mol. The quantitative estimate of drug-likeness (QED) is 0.702. The first kappa shape index (κ1) is 13.0. The van der Waals surface area contributed by atoms with E-state index in [2.05, 4.69) is 32.7 Å². The zero-order chi connectivity index (χ0) is 11.4. The van der Waals surface area contributed by atoms with E-state index in [-0.39, 0.29) is 0 Å². The predicted octanol–water partition coefficient (Wildman–Crippen LogP) is 2.48. The third kappa shape index (κ3) is 3.46. The minimum Gasteiger partial charge on any atom is -0.329 e. The van der Waals surface area contributed by atoms with Gasteiger partial charge in [0.25, 0.3) is 0 Å². The molecule has 0 aromatic rings. The summed E-state index contributed by atoms with van der Waals surface area (Å²) < 4.78 is 0. The first-order valence-corrected chi connectivity index (χ1v) is 6.53. The van der Waals surface area contributed by atoms with Crippen molar-refractivity contribution in [1.82, 2.24) is 4.90 Å². The molecule has 0 amide bonds. The number of rotatable bonds is 7. The fourth-order valence-corrected chi connectivity index (χ4v) is 2.66. The van der Waals surface area contributed by atoms with E-state index in [9.17, 15) is 0 Å². The molecule has 0 bridgehead atoms. The van der Waals surface area contributed by atoms with E-state index in [1.807, 2.05) is 0 Å². The summed E-state index contributed by atoms with van der Waals surface area (Å²) in [7, 11) is 2.26. The summed E-state index contributed by atoms with van der Waals surface area (Å²) in [6.07, 6.45) is 5.41. The molecular weight excluding hydrogens is 184 g/mol. The van der Waals surface area contributed by atoms with Gasteiger partial charge in [-0.15, -0.1) is 0 Å². The van der Waals surface area contributed by atoms with Crippen molar-refractivity contribution < 1.29 is 0 Å². The van der Waals surface area contributed by atoms with Crippen LogP contribution in [-0.4, -0.2) is 30.6 Å². The van der Waals surface area contributed by atoms with Crippen molar-refractivity contribution in [3.8, 4) is 0 Å². The molecular formula is C13H28N2. The Kier molecular flexibility index (Phi) is 5.07. The molecule has 2 nitrogen and oxygen atoms in total. The number of nitrogens with two attached hydrogens (primary N) is 1. The lowest BCUT2D eigenvalue weighted by atomic mass is 9.94. The van der Waals surface area contributed by atoms with Crippen LogP contribution in [0.25, 0.3) is 0 Å². The van der Waals surface area contributed by atoms with Gasteiger partial charge in [0.1, 0.15) is 0 Å². The van der Waals surface area contributed by atoms with Gasteiger partial charge in [0, 0.05) is 18.6 Å². The molecule has 1 rings (SSSR count). The van der Waals surface area contributed by atoms with Crippen molar-refractivity contribution in [3.63, 3.8) is 0 Å². The molecule has 0 spiro atoms. The molecule has 1 aliphatic carbocycles. The van der Waals surface area contributed by atoms with Gasteiger partial charge in [-0.1, -0.05) is 20.3 Å². The van der Waals surface area contributed by atoms with Gasteiger partial charge in [0.2, 0.25) is 0 Å². The Labute approximate surface area is 95.2 Å². The second-order valence-corrected chi connectivity index (χ2v) is 5.31. The van der Waals surface area contributed by atoms with Crippen LogP contribution in [0, 0.1) is 11.8 Å². The lowest BCUT2D eigenvalue weighted by Gasteiger charge is -2.36. The lowest BCUT2D eigenvalue weighted by Crippen LogP contribution is -2.47. The number of hydrogen-bond acceptors (Lipinski definition) is 2. The Balaban J connectivity index is 2.47. The molecule has 90 valence electrons. The fraction of sp³-hybridized carbons (Fsp3) is 1.00. The highest BCUT2D eigenvalue weighted by Crippen LogP contribution is 2.36. The summed E-state index contributed by atoms with van der Waals surface area (Å²) >= 11 is 0. The molecule has 0 aromatic carbocycles. The van der Waals surface area contributed by atoms with E-state index >= 15 is 0 Å². The minimum absolute atomic E-state index is 0.570. The van der Waals surface area contributed by atoms with E-state index in [0.29, 0.717) is 6.04 Å². The Hall–Kier alpha value is -0.0800. The average molecular weight is 212 g/mol. The molecule has 0 radical (unpaired) electrons. The molecule has 0 heterocycles. The van der Waals surface area contributed by atoms with Gasteiger partial charge < -0.3 is 5.73 Å². The lowest BCUT2D eigenvalue weighted by molar-refractivity contribution is 0.125. The van der Waals surface area contributed by atoms with Gasteiger partial charge >= 0.3 is 0 Å². The average Bonchev–Trinajstić information content (AvgIpc) is 3.01. The van der Waals surface area contributed by atoms with Crippen LogP contribution in [0.3, 0.4) is 0 Å². The van der Waals surface area contributed by atoms with Gasteiger partial charge in [-0.05, 0) is 45.1 Å². The Morgan fingerprint density at radius 3 is 2.33 bits per heavy atom. The van der Waals surface area contributed by atoms with Gasteiger partial charge in [-0.2, -0.15) is 0 Å². The number of nitrogens with zero attached hydrogens (tertiary/aromatic N) is 1. The second-order valence-electron chi connectivity index (χ2n) is 5.31. The SMILES string of the molecule is CCCC(C)C(CN)N(C)C(C)C1CC1. The summed E-state index contributed by atoms with van der Waals surface area (Å²) in [4.78, 5) is 2.53. The highest BCUT2D eigenvalue weighted by molar-refractivity contribution is 4.88. The van der Waals surface area contributed by atoms with Crippen LogP contribution in [0.4, 0.5) is 0 Å². The summed E-state index contributed by atoms with van der Waals surface area (Å²) in [5, 5.41) is 0. The Bertz CT molecular complexity index is 177. The van der Waals surface area contributed by atoms with Gasteiger partial charge in [-0.25, -0.2) is 0 Å². The molecule has 2 N–H and O–H groups in total. The molecule has 1 aliphatic rings. The molecule has 3 atom stereocenters. The standard InChI is InChI=1S/C13H28N2/c1-5-6-10(2)13(9-14)15(4)11(3)12-7-8-12/h10-13H,5-9,14H2,1-4H3. The third-order valence-electron chi connectivity index (χ3n) is 4.11. The maximum Gasteiger partial charge on any atom is 0.0243 e. The largest absolute Gasteiger partial charge is 0.329 e. The molecule has 1 fully saturated rings. The summed E-state index contributed by atoms with van der Waals surface area (Å²) in [6.45, 7) is 7.76. The maximum atomic E-state index is 5.92. The smallest absolute Gasteiger partial charge is 0.0243 e. The van der Waals surface area contributed by atoms with Crippen LogP contribution >= 0.6 is 0 Å². The van der Waals surface area contributed by atoms with E-state index in [1.165, 1.54) is 25.7 Å². The highest BCUT2D eigenvalue weighted by atomic mass is 15.2. The molecule has 1 saturated carbocycles. The number of likely N-dealkylation sites (N-methyl/N-ethyl adjacent to an activating group) is 1. The van der Waals surface area contributed by atoms with E-state index in [0.717, 1.165) is 24.4 Å². The maximum absolute atomic E-state index is 5.92. The van der Waals surface area contributed by atoms with Gasteiger partial charge in [-0.3, -0.25) is 4.90 Å². The Morgan fingerprint density at radius 1 is 1.33 bits per heavy atom. The fourth-order valence-electron chi connectivity index (χ4n) is 2.66. The normalized spacial score (nSPS) is 22.8. The summed E-state index contributed by atoms with van der Waals surface area (Å²) in [5.41, 5.74) is 5.92. The first-order chi connectivity index (χ1) is 7.11. The Morgan fingerprint density at radius 2 is 1.93 bits per heavy atom. The van der Waals surface area contributed by atoms with Crippen molar-refractivity contribution in [2.24, 2.45) is 17.6 Å². The van der Waals surface area contributed by atoms with Gasteiger partial charge in [0.05, 0.1) is 0 Å². The van der Waals surface area contributed by atoms with Crippen LogP contribution in [0.5, 0.6) is 0 Å². The molecule has 0 aliphatic heterocycles. The minimum atomic E-state index is 0.570. The van der Waals surface area contributed by atoms with Crippen molar-refractivity contribution in [2.75, 3.05) is 13.6 Å². The van der Waals surface area contributed by atoms with E-state index in [1.54, 1.807) is 0 Å². The third-order valence-corrected chi connectivity index (χ3v) is 4.11.